The maximum absolute atomic E-state index is 15.7. The van der Waals surface area contributed by atoms with Gasteiger partial charge in [0.05, 0.1) is 23.7 Å². The highest BCUT2D eigenvalue weighted by atomic mass is 16.5. The van der Waals surface area contributed by atoms with Crippen molar-refractivity contribution >= 4 is 29.5 Å². The molecule has 4 bridgehead atoms. The van der Waals surface area contributed by atoms with Crippen LogP contribution in [-0.4, -0.2) is 73.0 Å². The van der Waals surface area contributed by atoms with Crippen molar-refractivity contribution < 1.29 is 39.9 Å². The number of hydrogen-bond donors (Lipinski definition) is 6. The molecule has 0 spiro atoms. The van der Waals surface area contributed by atoms with E-state index in [1.807, 2.05) is 72.9 Å². The Morgan fingerprint density at radius 1 is 0.836 bits per heavy atom. The molecule has 376 valence electrons. The van der Waals surface area contributed by atoms with E-state index in [1.165, 1.54) is 0 Å². The van der Waals surface area contributed by atoms with Crippen molar-refractivity contribution in [2.24, 2.45) is 11.8 Å². The number of phenolic OH excluding ortho intramolecular Hbond substituents is 2. The first-order valence-corrected chi connectivity index (χ1v) is 26.1. The Morgan fingerprint density at radius 3 is 2.52 bits per heavy atom. The topological polar surface area (TPSA) is 189 Å². The summed E-state index contributed by atoms with van der Waals surface area (Å²) in [5.41, 5.74) is 8.63. The first-order valence-electron chi connectivity index (χ1n) is 26.1. The summed E-state index contributed by atoms with van der Waals surface area (Å²) in [7, 11) is 0. The molecule has 6 aromatic rings. The summed E-state index contributed by atoms with van der Waals surface area (Å²) in [6.07, 6.45) is 18.4. The molecule has 7 atom stereocenters. The lowest BCUT2D eigenvalue weighted by molar-refractivity contribution is -0.135. The fraction of sp³-hybridized carbons (Fsp3) is 0.355. The summed E-state index contributed by atoms with van der Waals surface area (Å²) in [6, 6.07) is 29.4. The van der Waals surface area contributed by atoms with Gasteiger partial charge in [-0.15, -0.1) is 5.69 Å². The predicted octanol–water partition coefficient (Wildman–Crippen LogP) is 10.4. The summed E-state index contributed by atoms with van der Waals surface area (Å²) < 4.78 is 6.53. The molecule has 1 fully saturated rings. The quantitative estimate of drug-likeness (QED) is 0.0605. The number of carbonyl (C=O) groups is 2. The molecular formula is C62H63N3O8-2. The number of ether oxygens (including phenoxy) is 1. The van der Waals surface area contributed by atoms with Crippen LogP contribution >= 0.6 is 0 Å². The van der Waals surface area contributed by atoms with Crippen molar-refractivity contribution in [1.82, 2.24) is 9.97 Å². The van der Waals surface area contributed by atoms with Crippen LogP contribution in [0.2, 0.25) is 0 Å². The average molecular weight is 978 g/mol. The van der Waals surface area contributed by atoms with E-state index in [9.17, 15) is 30.3 Å². The number of phenols is 2. The van der Waals surface area contributed by atoms with Crippen LogP contribution in [0.1, 0.15) is 130 Å². The molecule has 0 saturated heterocycles. The standard InChI is InChI=1S/C62H63N3O8/c66-28-23-50-55(68)18-14-39-30-41(59(70)57(33-39)73-43-10-4-5-11-43)29-38-13-15-45-48(56(69)32-37-7-2-1-3-8-37)17-16-46(51(45)31-38)49-22-27-64-61(49)65-36-42-34-53-47(21-26-63-53)52(58(42)60(50)71)35-62(72)24-19-40-9-6-12-54(67)44(40)20-25-62/h1-3,6-9,12-13,15-17,20-22,25-27,30-31,33-34,43,46,48,50,52,56,58,64,66-67,69-70,72H,4-5,10-11,14,18-19,23-24,28-29,32,35-36H2/q-2. The number of Topliss-reactive ketones (excluding diaryl/α,β-unsaturated/α-hetero) is 2. The van der Waals surface area contributed by atoms with Gasteiger partial charge in [-0.05, 0) is 128 Å². The number of aryl methyl sites for hydroxylation is 2. The third kappa shape index (κ3) is 9.86. The number of benzene rings is 4. The average Bonchev–Trinajstić information content (AvgIpc) is 4.18. The van der Waals surface area contributed by atoms with Crippen molar-refractivity contribution in [2.45, 2.75) is 113 Å². The zero-order chi connectivity index (χ0) is 50.2. The van der Waals surface area contributed by atoms with E-state index in [0.29, 0.717) is 59.6 Å². The van der Waals surface area contributed by atoms with Gasteiger partial charge in [-0.1, -0.05) is 132 Å². The number of aromatic amines is 1. The Bertz CT molecular complexity index is 3100. The molecule has 5 aliphatic rings. The highest BCUT2D eigenvalue weighted by Crippen LogP contribution is 2.49. The minimum Gasteiger partial charge on any atom is -0.664 e. The SMILES string of the molecule is O=C1CCc2cc(c(O)c(OC3CCCC3)c2)Cc2ccc3c(c2)C(C=CC3C(O)Cc2ccccc2)c2cc[nH]c2[N-]CC2=Cc3[n-]ccc3C(CC3(O)C=Cc4c(O)cccc4CC3)C2C(=O)C1CCO. The molecular weight excluding hydrogens is 915 g/mol. The molecule has 6 N–H and O–H groups in total. The molecule has 0 amide bonds. The van der Waals surface area contributed by atoms with E-state index < -0.39 is 29.5 Å². The van der Waals surface area contributed by atoms with E-state index in [2.05, 4.69) is 35.3 Å². The maximum atomic E-state index is 15.7. The number of aliphatic hydroxyl groups excluding tert-OH is 2. The molecule has 3 heterocycles. The van der Waals surface area contributed by atoms with Crippen LogP contribution in [0.3, 0.4) is 0 Å². The number of H-pyrrole nitrogens is 1. The second-order valence-electron chi connectivity index (χ2n) is 21.0. The Labute approximate surface area is 426 Å². The van der Waals surface area contributed by atoms with Gasteiger partial charge >= 0.3 is 0 Å². The Balaban J connectivity index is 1.01. The number of hydrogen-bond acceptors (Lipinski definition) is 8. The molecule has 73 heavy (non-hydrogen) atoms. The molecule has 7 unspecified atom stereocenters. The van der Waals surface area contributed by atoms with Gasteiger partial charge in [0.2, 0.25) is 0 Å². The minimum absolute atomic E-state index is 0.00724. The third-order valence-corrected chi connectivity index (χ3v) is 16.3. The number of ketones is 2. The van der Waals surface area contributed by atoms with E-state index in [1.54, 1.807) is 30.5 Å². The molecule has 1 aliphatic heterocycles. The van der Waals surface area contributed by atoms with Gasteiger partial charge in [0.1, 0.15) is 11.5 Å². The molecule has 2 aromatic heterocycles. The van der Waals surface area contributed by atoms with E-state index in [-0.39, 0.29) is 79.8 Å². The van der Waals surface area contributed by atoms with Gasteiger partial charge in [0, 0.05) is 48.3 Å². The van der Waals surface area contributed by atoms with Crippen LogP contribution in [-0.2, 0) is 35.3 Å². The largest absolute Gasteiger partial charge is 0.664 e. The van der Waals surface area contributed by atoms with Crippen LogP contribution in [0.15, 0.2) is 127 Å². The molecule has 1 saturated carbocycles. The number of allylic oxidation sites excluding steroid dienone is 1. The summed E-state index contributed by atoms with van der Waals surface area (Å²) in [5.74, 6) is -2.70. The highest BCUT2D eigenvalue weighted by molar-refractivity contribution is 6.05. The number of aromatic nitrogens is 2. The lowest BCUT2D eigenvalue weighted by Gasteiger charge is -2.40. The van der Waals surface area contributed by atoms with Crippen LogP contribution in [0.5, 0.6) is 17.2 Å². The zero-order valence-electron chi connectivity index (χ0n) is 41.0. The Morgan fingerprint density at radius 2 is 1.68 bits per heavy atom. The van der Waals surface area contributed by atoms with E-state index in [4.69, 9.17) is 15.0 Å². The summed E-state index contributed by atoms with van der Waals surface area (Å²) in [4.78, 5) is 38.5. The maximum Gasteiger partial charge on any atom is 0.161 e. The molecule has 11 heteroatoms. The van der Waals surface area contributed by atoms with Gasteiger partial charge in [0.15, 0.2) is 17.3 Å². The predicted molar refractivity (Wildman–Crippen MR) is 281 cm³/mol. The molecule has 11 nitrogen and oxygen atoms in total. The Hall–Kier alpha value is -6.92. The molecule has 11 rings (SSSR count). The number of fused-ring (bicyclic) bond motifs is 8. The van der Waals surface area contributed by atoms with Crippen molar-refractivity contribution in [1.29, 1.82) is 0 Å². The monoisotopic (exact) mass is 977 g/mol. The summed E-state index contributed by atoms with van der Waals surface area (Å²) >= 11 is 0. The second kappa shape index (κ2) is 20.5. The van der Waals surface area contributed by atoms with Crippen LogP contribution in [0.25, 0.3) is 17.5 Å². The van der Waals surface area contributed by atoms with Gasteiger partial charge in [-0.3, -0.25) is 9.59 Å². The number of carbonyl (C=O) groups excluding carboxylic acids is 2. The third-order valence-electron chi connectivity index (χ3n) is 16.3. The second-order valence-corrected chi connectivity index (χ2v) is 21.0. The van der Waals surface area contributed by atoms with Crippen molar-refractivity contribution in [3.8, 4) is 17.2 Å². The summed E-state index contributed by atoms with van der Waals surface area (Å²) in [6.45, 7) is -0.300. The number of aliphatic hydroxyl groups is 3. The lowest BCUT2D eigenvalue weighted by Crippen LogP contribution is -2.40. The van der Waals surface area contributed by atoms with E-state index >= 15 is 4.79 Å². The zero-order valence-corrected chi connectivity index (χ0v) is 41.0. The first-order chi connectivity index (χ1) is 35.5. The lowest BCUT2D eigenvalue weighted by atomic mass is 9.66. The van der Waals surface area contributed by atoms with Crippen molar-refractivity contribution in [2.75, 3.05) is 13.2 Å². The molecule has 0 radical (unpaired) electrons. The van der Waals surface area contributed by atoms with Crippen LogP contribution in [0, 0.1) is 11.8 Å². The Kier molecular flexibility index (Phi) is 13.6. The smallest absolute Gasteiger partial charge is 0.161 e. The van der Waals surface area contributed by atoms with Crippen LogP contribution < -0.4 is 9.72 Å². The highest BCUT2D eigenvalue weighted by Gasteiger charge is 2.44. The number of nitrogens with zero attached hydrogens (tertiary/aromatic N) is 2. The van der Waals surface area contributed by atoms with Crippen LogP contribution in [0.4, 0.5) is 5.82 Å². The number of aromatic hydroxyl groups is 2. The van der Waals surface area contributed by atoms with Gasteiger partial charge in [0.25, 0.3) is 0 Å². The van der Waals surface area contributed by atoms with Crippen molar-refractivity contribution in [3.05, 3.63) is 194 Å². The molecule has 4 aromatic carbocycles. The number of nitrogens with one attached hydrogen (secondary N) is 1. The normalized spacial score (nSPS) is 24.4. The van der Waals surface area contributed by atoms with Gasteiger partial charge in [-0.2, -0.15) is 6.20 Å². The fourth-order valence-electron chi connectivity index (χ4n) is 12.5. The van der Waals surface area contributed by atoms with E-state index in [0.717, 1.165) is 70.2 Å². The first kappa shape index (κ1) is 48.4. The van der Waals surface area contributed by atoms with Gasteiger partial charge in [-0.25, -0.2) is 0 Å². The van der Waals surface area contributed by atoms with Crippen molar-refractivity contribution in [3.63, 3.8) is 0 Å². The van der Waals surface area contributed by atoms with Gasteiger partial charge < -0.3 is 45.6 Å². The minimum atomic E-state index is -1.40. The fourth-order valence-corrected chi connectivity index (χ4v) is 12.5. The summed E-state index contributed by atoms with van der Waals surface area (Å²) in [5, 5.41) is 63.1. The number of rotatable bonds is 9. The molecule has 4 aliphatic carbocycles.